The number of allylic oxidation sites excluding steroid dienone is 2. The SMILES string of the molecule is C/C=C/C[C@@H](C)[C@@H](O)[C@H]1C(=O)N[C@@H](CC)C(=O)N(C)CC(=O)N(C)[C@@H]([C@@H](C)OC/C=C/CO)C(=O)N[C@@H](C(C)C)C(=O)N(C)[C@@H](CC(C)C)C(=O)N[C@@H](C)C(=O)N[C@H](C)C(=O)N(C)[C@@H](CC(C)C)C(=O)N(C)[C@@H](CC(C)C)C(=O)N(C)[C@@H](C(C)C)C(=O)N1C. The molecule has 0 bridgehead atoms. The minimum Gasteiger partial charge on any atom is -0.392 e. The Labute approximate surface area is 530 Å². The summed E-state index contributed by atoms with van der Waals surface area (Å²) in [5.74, 6) is -10.4. The van der Waals surface area contributed by atoms with Crippen LogP contribution in [-0.4, -0.2) is 251 Å². The fraction of sp³-hybridized carbons (Fsp3) is 0.766. The highest BCUT2D eigenvalue weighted by Gasteiger charge is 2.46. The zero-order valence-electron chi connectivity index (χ0n) is 57.8. The van der Waals surface area contributed by atoms with Gasteiger partial charge in [-0.15, -0.1) is 0 Å². The van der Waals surface area contributed by atoms with Gasteiger partial charge in [0.2, 0.25) is 65.0 Å². The summed E-state index contributed by atoms with van der Waals surface area (Å²) >= 11 is 0. The number of hydrogen-bond acceptors (Lipinski definition) is 14. The van der Waals surface area contributed by atoms with Gasteiger partial charge in [0.25, 0.3) is 0 Å². The second-order valence-electron chi connectivity index (χ2n) is 26.1. The van der Waals surface area contributed by atoms with E-state index in [1.165, 1.54) is 102 Å². The minimum absolute atomic E-state index is 0.0199. The molecule has 1 saturated heterocycles. The van der Waals surface area contributed by atoms with Gasteiger partial charge in [-0.2, -0.15) is 0 Å². The molecule has 0 radical (unpaired) electrons. The van der Waals surface area contributed by atoms with Crippen LogP contribution in [-0.2, 0) is 57.5 Å². The van der Waals surface area contributed by atoms with Crippen LogP contribution in [0.1, 0.15) is 143 Å². The summed E-state index contributed by atoms with van der Waals surface area (Å²) in [6.45, 7) is 26.4. The molecule has 25 nitrogen and oxygen atoms in total. The largest absolute Gasteiger partial charge is 0.392 e. The number of carbonyl (C=O) groups is 11. The highest BCUT2D eigenvalue weighted by atomic mass is 16.5. The standard InChI is InChI=1S/C64H113N11O14/c1-24-26-29-41(13)54(78)53-58(82)67-45(25-2)60(84)69(17)35-49(77)73(21)52(44(16)89-31-28-27-30-76)57(81)68-50(39(9)10)63(87)70(18)46(32-36(3)4)56(80)65-42(14)55(79)66-43(15)59(83)71(19)47(33-37(5)6)61(85)72(20)48(34-38(7)8)62(86)74(22)51(40(11)12)64(88)75(53)23/h24,26-28,36-48,50-54,76,78H,25,29-35H2,1-23H3,(H,65,80)(H,66,79)(H,67,82)(H,68,81)/b26-24+,28-27+/t41-,42+,43-,44-,45+,46+,47+,48+,50+,51+,52+,53+,54-/m1/s1. The summed E-state index contributed by atoms with van der Waals surface area (Å²) in [6.07, 6.45) is 4.55. The van der Waals surface area contributed by atoms with E-state index >= 15 is 9.59 Å². The van der Waals surface area contributed by atoms with Crippen molar-refractivity contribution < 1.29 is 67.7 Å². The first-order valence-corrected chi connectivity index (χ1v) is 31.5. The zero-order valence-corrected chi connectivity index (χ0v) is 57.8. The summed E-state index contributed by atoms with van der Waals surface area (Å²) in [7, 11) is 9.69. The first-order chi connectivity index (χ1) is 41.3. The van der Waals surface area contributed by atoms with Gasteiger partial charge in [-0.3, -0.25) is 52.7 Å². The predicted octanol–water partition coefficient (Wildman–Crippen LogP) is 2.18. The third-order valence-corrected chi connectivity index (χ3v) is 16.5. The third-order valence-electron chi connectivity index (χ3n) is 16.5. The lowest BCUT2D eigenvalue weighted by molar-refractivity contribution is -0.157. The molecule has 0 unspecified atom stereocenters. The Balaban J connectivity index is 4.39. The molecule has 0 spiro atoms. The van der Waals surface area contributed by atoms with E-state index in [1.54, 1.807) is 60.6 Å². The highest BCUT2D eigenvalue weighted by molar-refractivity contribution is 5.99. The number of ether oxygens (including phenoxy) is 1. The number of nitrogens with one attached hydrogen (secondary N) is 4. The number of aliphatic hydroxyl groups excluding tert-OH is 2. The fourth-order valence-electron chi connectivity index (χ4n) is 10.9. The van der Waals surface area contributed by atoms with Crippen molar-refractivity contribution in [3.8, 4) is 0 Å². The number of nitrogens with zero attached hydrogens (tertiary/aromatic N) is 7. The van der Waals surface area contributed by atoms with Crippen LogP contribution in [0.25, 0.3) is 0 Å². The normalized spacial score (nSPS) is 26.6. The van der Waals surface area contributed by atoms with Gasteiger partial charge >= 0.3 is 0 Å². The van der Waals surface area contributed by atoms with Gasteiger partial charge in [0.1, 0.15) is 60.4 Å². The molecule has 0 aromatic heterocycles. The average molecular weight is 1260 g/mol. The van der Waals surface area contributed by atoms with Crippen LogP contribution in [0.4, 0.5) is 0 Å². The van der Waals surface area contributed by atoms with Crippen molar-refractivity contribution in [1.82, 2.24) is 55.6 Å². The lowest BCUT2D eigenvalue weighted by Crippen LogP contribution is -2.63. The monoisotopic (exact) mass is 1260 g/mol. The number of likely N-dealkylation sites (N-methyl/N-ethyl adjacent to an activating group) is 7. The maximum atomic E-state index is 15.2. The van der Waals surface area contributed by atoms with Gasteiger partial charge < -0.3 is 70.5 Å². The Morgan fingerprint density at radius 1 is 0.506 bits per heavy atom. The lowest BCUT2D eigenvalue weighted by Gasteiger charge is -2.41. The van der Waals surface area contributed by atoms with Crippen LogP contribution in [0.3, 0.4) is 0 Å². The Bertz CT molecular complexity index is 2450. The second kappa shape index (κ2) is 37.6. The van der Waals surface area contributed by atoms with Gasteiger partial charge in [-0.25, -0.2) is 0 Å². The van der Waals surface area contributed by atoms with Crippen molar-refractivity contribution >= 4 is 65.0 Å². The van der Waals surface area contributed by atoms with Gasteiger partial charge in [0.15, 0.2) is 0 Å². The molecule has 11 amide bonds. The highest BCUT2D eigenvalue weighted by Crippen LogP contribution is 2.26. The van der Waals surface area contributed by atoms with E-state index in [0.717, 1.165) is 14.7 Å². The molecule has 6 N–H and O–H groups in total. The number of hydrogen-bond donors (Lipinski definition) is 6. The molecule has 13 atom stereocenters. The van der Waals surface area contributed by atoms with Crippen LogP contribution in [0, 0.1) is 35.5 Å². The van der Waals surface area contributed by atoms with Crippen molar-refractivity contribution in [2.75, 3.05) is 69.1 Å². The van der Waals surface area contributed by atoms with Crippen LogP contribution < -0.4 is 21.3 Å². The van der Waals surface area contributed by atoms with Crippen molar-refractivity contribution in [3.05, 3.63) is 24.3 Å². The summed E-state index contributed by atoms with van der Waals surface area (Å²) < 4.78 is 5.98. The zero-order chi connectivity index (χ0) is 68.8. The fourth-order valence-corrected chi connectivity index (χ4v) is 10.9. The molecule has 89 heavy (non-hydrogen) atoms. The van der Waals surface area contributed by atoms with Crippen LogP contribution in [0.15, 0.2) is 24.3 Å². The van der Waals surface area contributed by atoms with E-state index in [-0.39, 0.29) is 63.1 Å². The Kier molecular flexibility index (Phi) is 34.1. The van der Waals surface area contributed by atoms with Crippen molar-refractivity contribution in [2.45, 2.75) is 216 Å². The van der Waals surface area contributed by atoms with Crippen LogP contribution in [0.2, 0.25) is 0 Å². The maximum absolute atomic E-state index is 15.2. The van der Waals surface area contributed by atoms with E-state index < -0.39 is 162 Å². The van der Waals surface area contributed by atoms with Crippen LogP contribution >= 0.6 is 0 Å². The molecule has 1 aliphatic rings. The van der Waals surface area contributed by atoms with E-state index in [1.807, 2.05) is 41.5 Å². The van der Waals surface area contributed by atoms with Gasteiger partial charge in [0, 0.05) is 49.3 Å². The van der Waals surface area contributed by atoms with Gasteiger partial charge in [-0.05, 0) is 95.3 Å². The first-order valence-electron chi connectivity index (χ1n) is 31.5. The smallest absolute Gasteiger partial charge is 0.246 e. The Morgan fingerprint density at radius 2 is 0.978 bits per heavy atom. The number of amides is 11. The predicted molar refractivity (Wildman–Crippen MR) is 341 cm³/mol. The Hall–Kier alpha value is -6.47. The molecular weight excluding hydrogens is 1150 g/mol. The molecule has 1 rings (SSSR count). The second-order valence-corrected chi connectivity index (χ2v) is 26.1. The van der Waals surface area contributed by atoms with E-state index in [9.17, 15) is 53.4 Å². The number of aliphatic hydroxyl groups is 2. The summed E-state index contributed by atoms with van der Waals surface area (Å²) in [4.78, 5) is 169. The average Bonchev–Trinajstić information content (AvgIpc) is 0.987. The quantitative estimate of drug-likeness (QED) is 0.107. The number of carbonyl (C=O) groups excluding carboxylic acids is 11. The molecule has 0 aromatic rings. The summed E-state index contributed by atoms with van der Waals surface area (Å²) in [6, 6.07) is -13.0. The van der Waals surface area contributed by atoms with Crippen molar-refractivity contribution in [2.24, 2.45) is 35.5 Å². The maximum Gasteiger partial charge on any atom is 0.246 e. The third kappa shape index (κ3) is 23.1. The lowest BCUT2D eigenvalue weighted by atomic mass is 9.91. The molecule has 0 saturated carbocycles. The molecule has 508 valence electrons. The van der Waals surface area contributed by atoms with Gasteiger partial charge in [-0.1, -0.05) is 107 Å². The molecule has 0 aliphatic carbocycles. The van der Waals surface area contributed by atoms with Gasteiger partial charge in [0.05, 0.1) is 32.0 Å². The topological polar surface area (TPSA) is 308 Å². The molecule has 0 aromatic carbocycles. The molecular formula is C64H113N11O14. The molecule has 1 heterocycles. The summed E-state index contributed by atoms with van der Waals surface area (Å²) in [5, 5.41) is 32.4. The number of rotatable bonds is 18. The van der Waals surface area contributed by atoms with E-state index in [4.69, 9.17) is 4.74 Å². The van der Waals surface area contributed by atoms with Crippen molar-refractivity contribution in [3.63, 3.8) is 0 Å². The molecule has 25 heteroatoms. The van der Waals surface area contributed by atoms with E-state index in [0.29, 0.717) is 0 Å². The summed E-state index contributed by atoms with van der Waals surface area (Å²) in [5.41, 5.74) is 0. The van der Waals surface area contributed by atoms with Crippen LogP contribution in [0.5, 0.6) is 0 Å². The minimum atomic E-state index is -1.64. The van der Waals surface area contributed by atoms with E-state index in [2.05, 4.69) is 21.3 Å². The Morgan fingerprint density at radius 3 is 1.46 bits per heavy atom. The first kappa shape index (κ1) is 80.5. The molecule has 1 fully saturated rings. The molecule has 1 aliphatic heterocycles. The van der Waals surface area contributed by atoms with Crippen molar-refractivity contribution in [1.29, 1.82) is 0 Å².